The number of rotatable bonds is 17. The van der Waals surface area contributed by atoms with E-state index in [-0.39, 0.29) is 12.3 Å². The maximum absolute atomic E-state index is 13.3. The molecule has 5 atom stereocenters. The van der Waals surface area contributed by atoms with Crippen LogP contribution in [0.4, 0.5) is 0 Å². The highest BCUT2D eigenvalue weighted by molar-refractivity contribution is 7.98. The second-order valence-electron chi connectivity index (χ2n) is 8.69. The summed E-state index contributed by atoms with van der Waals surface area (Å²) >= 11 is 3.08. The maximum Gasteiger partial charge on any atom is 0.326 e. The van der Waals surface area contributed by atoms with E-state index in [1.807, 2.05) is 49.8 Å². The van der Waals surface area contributed by atoms with Crippen molar-refractivity contribution in [3.05, 3.63) is 35.9 Å². The summed E-state index contributed by atoms with van der Waals surface area (Å²) in [5, 5.41) is 17.6. The highest BCUT2D eigenvalue weighted by atomic mass is 32.2. The fraction of sp³-hybridized carbons (Fsp3) is 0.600. The molecular weight excluding hydrogens is 500 g/mol. The fourth-order valence-electron chi connectivity index (χ4n) is 3.43. The third-order valence-electron chi connectivity index (χ3n) is 5.91. The summed E-state index contributed by atoms with van der Waals surface area (Å²) in [6.07, 6.45) is 5.37. The van der Waals surface area contributed by atoms with Gasteiger partial charge < -0.3 is 26.8 Å². The molecule has 0 bridgehead atoms. The quantitative estimate of drug-likeness (QED) is 0.200. The van der Waals surface area contributed by atoms with Crippen LogP contribution in [0.3, 0.4) is 0 Å². The number of carbonyl (C=O) groups excluding carboxylic acids is 3. The van der Waals surface area contributed by atoms with Crippen molar-refractivity contribution >= 4 is 47.2 Å². The minimum absolute atomic E-state index is 0.217. The second kappa shape index (κ2) is 17.3. The van der Waals surface area contributed by atoms with Gasteiger partial charge in [0.2, 0.25) is 17.7 Å². The van der Waals surface area contributed by atoms with Crippen molar-refractivity contribution in [2.45, 2.75) is 63.7 Å². The first kappa shape index (κ1) is 31.8. The highest BCUT2D eigenvalue weighted by Gasteiger charge is 2.31. The molecule has 0 aromatic heterocycles. The Labute approximate surface area is 222 Å². The molecule has 36 heavy (non-hydrogen) atoms. The standard InChI is InChI=1S/C25H40N4O5S2/c1-5-16(2)21(25(33)34)29-23(31)19(12-14-36-4)27-24(32)20(15-17-9-7-6-8-10-17)28-22(30)18(26)11-13-35-3/h6-10,16,18-21H,5,11-15,26H2,1-4H3,(H,27,32)(H,28,30)(H,29,31)(H,33,34). The molecule has 6 N–H and O–H groups in total. The Morgan fingerprint density at radius 1 is 0.889 bits per heavy atom. The lowest BCUT2D eigenvalue weighted by Crippen LogP contribution is -2.58. The first-order valence-corrected chi connectivity index (χ1v) is 14.8. The molecule has 5 unspecified atom stereocenters. The largest absolute Gasteiger partial charge is 0.480 e. The van der Waals surface area contributed by atoms with Gasteiger partial charge in [-0.05, 0) is 48.3 Å². The van der Waals surface area contributed by atoms with Crippen molar-refractivity contribution in [3.8, 4) is 0 Å². The average molecular weight is 541 g/mol. The minimum Gasteiger partial charge on any atom is -0.480 e. The van der Waals surface area contributed by atoms with E-state index in [0.29, 0.717) is 30.8 Å². The van der Waals surface area contributed by atoms with Crippen molar-refractivity contribution in [3.63, 3.8) is 0 Å². The van der Waals surface area contributed by atoms with Crippen molar-refractivity contribution in [2.75, 3.05) is 24.0 Å². The van der Waals surface area contributed by atoms with Crippen LogP contribution in [0.15, 0.2) is 30.3 Å². The molecule has 0 spiro atoms. The summed E-state index contributed by atoms with van der Waals surface area (Å²) in [7, 11) is 0. The van der Waals surface area contributed by atoms with Crippen LogP contribution in [-0.2, 0) is 25.6 Å². The maximum atomic E-state index is 13.3. The molecule has 0 aliphatic heterocycles. The molecule has 0 aliphatic carbocycles. The zero-order valence-electron chi connectivity index (χ0n) is 21.5. The van der Waals surface area contributed by atoms with Crippen LogP contribution >= 0.6 is 23.5 Å². The molecule has 0 heterocycles. The molecule has 0 saturated carbocycles. The predicted molar refractivity (Wildman–Crippen MR) is 147 cm³/mol. The number of thioether (sulfide) groups is 2. The third kappa shape index (κ3) is 11.2. The Kier molecular flexibility index (Phi) is 15.2. The van der Waals surface area contributed by atoms with E-state index < -0.39 is 47.9 Å². The number of nitrogens with one attached hydrogen (secondary N) is 3. The van der Waals surface area contributed by atoms with Crippen LogP contribution < -0.4 is 21.7 Å². The lowest BCUT2D eigenvalue weighted by atomic mass is 9.98. The smallest absolute Gasteiger partial charge is 0.326 e. The number of carboxylic acids is 1. The van der Waals surface area contributed by atoms with Gasteiger partial charge in [-0.15, -0.1) is 0 Å². The van der Waals surface area contributed by atoms with Crippen LogP contribution in [0.5, 0.6) is 0 Å². The molecule has 1 aromatic carbocycles. The van der Waals surface area contributed by atoms with Crippen LogP contribution in [0.2, 0.25) is 0 Å². The van der Waals surface area contributed by atoms with E-state index in [9.17, 15) is 24.3 Å². The predicted octanol–water partition coefficient (Wildman–Crippen LogP) is 1.65. The summed E-state index contributed by atoms with van der Waals surface area (Å²) in [6, 6.07) is 5.51. The molecule has 0 radical (unpaired) electrons. The fourth-order valence-corrected chi connectivity index (χ4v) is 4.39. The molecule has 1 aromatic rings. The Morgan fingerprint density at radius 2 is 1.44 bits per heavy atom. The molecule has 11 heteroatoms. The van der Waals surface area contributed by atoms with E-state index >= 15 is 0 Å². The first-order valence-electron chi connectivity index (χ1n) is 12.1. The molecule has 0 fully saturated rings. The first-order chi connectivity index (χ1) is 17.1. The van der Waals surface area contributed by atoms with Gasteiger partial charge in [0.05, 0.1) is 6.04 Å². The van der Waals surface area contributed by atoms with Gasteiger partial charge in [-0.25, -0.2) is 4.79 Å². The van der Waals surface area contributed by atoms with Gasteiger partial charge in [-0.3, -0.25) is 14.4 Å². The van der Waals surface area contributed by atoms with Gasteiger partial charge in [0.1, 0.15) is 18.1 Å². The van der Waals surface area contributed by atoms with Gasteiger partial charge >= 0.3 is 5.97 Å². The number of benzene rings is 1. The zero-order valence-corrected chi connectivity index (χ0v) is 23.1. The lowest BCUT2D eigenvalue weighted by Gasteiger charge is -2.26. The van der Waals surface area contributed by atoms with Crippen LogP contribution in [0.1, 0.15) is 38.7 Å². The Hall–Kier alpha value is -2.24. The summed E-state index contributed by atoms with van der Waals surface area (Å²) in [4.78, 5) is 50.8. The number of carbonyl (C=O) groups is 4. The summed E-state index contributed by atoms with van der Waals surface area (Å²) in [5.74, 6) is -1.64. The molecule has 3 amide bonds. The highest BCUT2D eigenvalue weighted by Crippen LogP contribution is 2.11. The molecular formula is C25H40N4O5S2. The third-order valence-corrected chi connectivity index (χ3v) is 7.19. The Morgan fingerprint density at radius 3 is 2.00 bits per heavy atom. The lowest BCUT2D eigenvalue weighted by molar-refractivity contribution is -0.143. The van der Waals surface area contributed by atoms with Crippen molar-refractivity contribution in [1.82, 2.24) is 16.0 Å². The van der Waals surface area contributed by atoms with E-state index in [4.69, 9.17) is 5.73 Å². The monoisotopic (exact) mass is 540 g/mol. The molecule has 202 valence electrons. The topological polar surface area (TPSA) is 151 Å². The number of aliphatic carboxylic acids is 1. The van der Waals surface area contributed by atoms with Gasteiger partial charge in [0.25, 0.3) is 0 Å². The van der Waals surface area contributed by atoms with Crippen molar-refractivity contribution in [2.24, 2.45) is 11.7 Å². The summed E-state index contributed by atoms with van der Waals surface area (Å²) < 4.78 is 0. The Bertz CT molecular complexity index is 843. The molecule has 1 rings (SSSR count). The number of hydrogen-bond acceptors (Lipinski definition) is 7. The van der Waals surface area contributed by atoms with Crippen LogP contribution in [0, 0.1) is 5.92 Å². The molecule has 9 nitrogen and oxygen atoms in total. The summed E-state index contributed by atoms with van der Waals surface area (Å²) in [6.45, 7) is 3.60. The zero-order chi connectivity index (χ0) is 27.1. The summed E-state index contributed by atoms with van der Waals surface area (Å²) in [5.41, 5.74) is 6.84. The number of hydrogen-bond donors (Lipinski definition) is 5. The van der Waals surface area contributed by atoms with E-state index in [1.54, 1.807) is 18.7 Å². The van der Waals surface area contributed by atoms with Crippen molar-refractivity contribution < 1.29 is 24.3 Å². The molecule has 0 aliphatic rings. The molecule has 0 saturated heterocycles. The SMILES string of the molecule is CCC(C)C(NC(=O)C(CCSC)NC(=O)C(Cc1ccccc1)NC(=O)C(N)CCSC)C(=O)O. The van der Waals surface area contributed by atoms with E-state index in [2.05, 4.69) is 16.0 Å². The normalized spacial score (nSPS) is 15.1. The minimum atomic E-state index is -1.12. The van der Waals surface area contributed by atoms with E-state index in [0.717, 1.165) is 5.56 Å². The number of nitrogens with two attached hydrogens (primary N) is 1. The van der Waals surface area contributed by atoms with Gasteiger partial charge in [0.15, 0.2) is 0 Å². The Balaban J connectivity index is 3.07. The van der Waals surface area contributed by atoms with Crippen LogP contribution in [0.25, 0.3) is 0 Å². The van der Waals surface area contributed by atoms with Crippen LogP contribution in [-0.4, -0.2) is 77.0 Å². The van der Waals surface area contributed by atoms with Gasteiger partial charge in [-0.1, -0.05) is 50.6 Å². The van der Waals surface area contributed by atoms with Gasteiger partial charge in [-0.2, -0.15) is 23.5 Å². The average Bonchev–Trinajstić information content (AvgIpc) is 2.87. The number of carboxylic acid groups (broad SMARTS) is 1. The second-order valence-corrected chi connectivity index (χ2v) is 10.7. The van der Waals surface area contributed by atoms with E-state index in [1.165, 1.54) is 11.8 Å². The number of amides is 3. The van der Waals surface area contributed by atoms with Crippen molar-refractivity contribution in [1.29, 1.82) is 0 Å². The van der Waals surface area contributed by atoms with Gasteiger partial charge in [0, 0.05) is 6.42 Å².